The number of hydrogen-bond acceptors (Lipinski definition) is 15. The molecule has 0 aliphatic carbocycles. The number of esters is 4. The van der Waals surface area contributed by atoms with Crippen molar-refractivity contribution in [2.45, 2.75) is 425 Å². The Morgan fingerprint density at radius 2 is 0.479 bits per heavy atom. The van der Waals surface area contributed by atoms with Crippen molar-refractivity contribution in [3.63, 3.8) is 0 Å². The zero-order valence-corrected chi connectivity index (χ0v) is 64.3. The van der Waals surface area contributed by atoms with E-state index >= 15 is 0 Å². The summed E-state index contributed by atoms with van der Waals surface area (Å²) in [6.45, 7) is 7.28. The number of ether oxygens (including phenoxy) is 4. The van der Waals surface area contributed by atoms with Gasteiger partial charge in [0, 0.05) is 25.7 Å². The molecule has 570 valence electrons. The highest BCUT2D eigenvalue weighted by atomic mass is 31.2. The van der Waals surface area contributed by atoms with Gasteiger partial charge in [-0.2, -0.15) is 0 Å². The topological polar surface area (TPSA) is 237 Å². The van der Waals surface area contributed by atoms with Gasteiger partial charge in [-0.3, -0.25) is 37.3 Å². The molecule has 0 radical (unpaired) electrons. The predicted octanol–water partition coefficient (Wildman–Crippen LogP) is 22.9. The van der Waals surface area contributed by atoms with Crippen molar-refractivity contribution in [3.05, 3.63) is 0 Å². The quantitative estimate of drug-likeness (QED) is 0.0222. The maximum Gasteiger partial charge on any atom is 0.472 e. The van der Waals surface area contributed by atoms with Crippen LogP contribution in [0.3, 0.4) is 0 Å². The van der Waals surface area contributed by atoms with Crippen molar-refractivity contribution in [2.24, 2.45) is 5.92 Å². The predicted molar refractivity (Wildman–Crippen MR) is 391 cm³/mol. The van der Waals surface area contributed by atoms with Crippen LogP contribution in [0.2, 0.25) is 0 Å². The number of hydrogen-bond donors (Lipinski definition) is 3. The molecule has 0 fully saturated rings. The second-order valence-electron chi connectivity index (χ2n) is 28.2. The first-order valence-electron chi connectivity index (χ1n) is 40.1. The van der Waals surface area contributed by atoms with Crippen LogP contribution in [0.25, 0.3) is 0 Å². The van der Waals surface area contributed by atoms with Crippen LogP contribution < -0.4 is 0 Å². The zero-order chi connectivity index (χ0) is 70.5. The highest BCUT2D eigenvalue weighted by Gasteiger charge is 2.30. The summed E-state index contributed by atoms with van der Waals surface area (Å²) in [5, 5.41) is 10.6. The molecule has 0 saturated heterocycles. The molecular formula is C77H150O17P2. The van der Waals surface area contributed by atoms with Gasteiger partial charge in [0.05, 0.1) is 26.4 Å². The molecule has 0 aliphatic rings. The highest BCUT2D eigenvalue weighted by molar-refractivity contribution is 7.47. The van der Waals surface area contributed by atoms with Gasteiger partial charge >= 0.3 is 39.5 Å². The van der Waals surface area contributed by atoms with Gasteiger partial charge in [-0.15, -0.1) is 0 Å². The molecule has 0 aromatic rings. The molecule has 96 heavy (non-hydrogen) atoms. The summed E-state index contributed by atoms with van der Waals surface area (Å²) in [6, 6.07) is 0. The van der Waals surface area contributed by atoms with Crippen molar-refractivity contribution in [2.75, 3.05) is 39.6 Å². The third-order valence-electron chi connectivity index (χ3n) is 18.0. The SMILES string of the molecule is CCCCCCCCCCCCCCCCCCCCCCCCC(=O)O[C@H](COC(=O)CCCCCCCCCCCCCC(C)C)COP(=O)(O)OC[C@@H](O)COP(=O)(O)OC[C@@H](COC(=O)CCCCCCCCCCCC)OC(=O)CCCCCCCCCCCC. The molecule has 3 N–H and O–H groups in total. The molecule has 0 rings (SSSR count). The van der Waals surface area contributed by atoms with E-state index in [2.05, 4.69) is 34.6 Å². The summed E-state index contributed by atoms with van der Waals surface area (Å²) in [5.41, 5.74) is 0. The van der Waals surface area contributed by atoms with Gasteiger partial charge in [0.2, 0.25) is 0 Å². The van der Waals surface area contributed by atoms with Gasteiger partial charge in [-0.25, -0.2) is 9.13 Å². The van der Waals surface area contributed by atoms with E-state index in [1.807, 2.05) is 0 Å². The van der Waals surface area contributed by atoms with Gasteiger partial charge in [0.1, 0.15) is 19.3 Å². The molecule has 2 unspecified atom stereocenters. The summed E-state index contributed by atoms with van der Waals surface area (Å²) in [7, 11) is -9.91. The highest BCUT2D eigenvalue weighted by Crippen LogP contribution is 2.45. The fraction of sp³-hybridized carbons (Fsp3) is 0.948. The Balaban J connectivity index is 5.17. The van der Waals surface area contributed by atoms with E-state index < -0.39 is 97.5 Å². The molecule has 0 heterocycles. The summed E-state index contributed by atoms with van der Waals surface area (Å²) >= 11 is 0. The minimum absolute atomic E-state index is 0.107. The first kappa shape index (κ1) is 94.1. The van der Waals surface area contributed by atoms with E-state index in [-0.39, 0.29) is 25.7 Å². The van der Waals surface area contributed by atoms with E-state index in [1.54, 1.807) is 0 Å². The number of rotatable bonds is 77. The van der Waals surface area contributed by atoms with Crippen LogP contribution >= 0.6 is 15.6 Å². The number of aliphatic hydroxyl groups is 1. The average Bonchev–Trinajstić information content (AvgIpc) is 1.23. The second-order valence-corrected chi connectivity index (χ2v) is 31.1. The normalized spacial score (nSPS) is 13.9. The monoisotopic (exact) mass is 1410 g/mol. The Bertz CT molecular complexity index is 1840. The second kappa shape index (κ2) is 70.1. The average molecular weight is 1410 g/mol. The van der Waals surface area contributed by atoms with E-state index in [4.69, 9.17) is 37.0 Å². The summed E-state index contributed by atoms with van der Waals surface area (Å²) in [6.07, 6.45) is 59.8. The van der Waals surface area contributed by atoms with Gasteiger partial charge in [-0.05, 0) is 31.6 Å². The van der Waals surface area contributed by atoms with Crippen molar-refractivity contribution in [1.82, 2.24) is 0 Å². The van der Waals surface area contributed by atoms with Crippen LogP contribution in [0.15, 0.2) is 0 Å². The van der Waals surface area contributed by atoms with Crippen LogP contribution in [0.4, 0.5) is 0 Å². The Morgan fingerprint density at radius 1 is 0.281 bits per heavy atom. The number of phosphoric ester groups is 2. The molecule has 0 aromatic carbocycles. The van der Waals surface area contributed by atoms with Gasteiger partial charge in [-0.1, -0.05) is 356 Å². The lowest BCUT2D eigenvalue weighted by molar-refractivity contribution is -0.161. The van der Waals surface area contributed by atoms with Crippen molar-refractivity contribution in [1.29, 1.82) is 0 Å². The van der Waals surface area contributed by atoms with Gasteiger partial charge in [0.25, 0.3) is 0 Å². The number of carbonyl (C=O) groups is 4. The number of aliphatic hydroxyl groups excluding tert-OH is 1. The molecule has 0 aromatic heterocycles. The summed E-state index contributed by atoms with van der Waals surface area (Å²) < 4.78 is 68.5. The first-order valence-corrected chi connectivity index (χ1v) is 43.1. The lowest BCUT2D eigenvalue weighted by atomic mass is 10.0. The van der Waals surface area contributed by atoms with Crippen LogP contribution in [-0.4, -0.2) is 96.7 Å². The Hall–Kier alpha value is -1.94. The van der Waals surface area contributed by atoms with Crippen LogP contribution in [0.5, 0.6) is 0 Å². The lowest BCUT2D eigenvalue weighted by Crippen LogP contribution is -2.30. The zero-order valence-electron chi connectivity index (χ0n) is 62.5. The summed E-state index contributed by atoms with van der Waals surface area (Å²) in [4.78, 5) is 72.7. The van der Waals surface area contributed by atoms with Crippen LogP contribution in [0.1, 0.15) is 407 Å². The van der Waals surface area contributed by atoms with Crippen molar-refractivity contribution >= 4 is 39.5 Å². The third kappa shape index (κ3) is 70.5. The Labute approximate surface area is 588 Å². The van der Waals surface area contributed by atoms with E-state index in [1.165, 1.54) is 231 Å². The first-order chi connectivity index (χ1) is 46.5. The minimum atomic E-state index is -4.96. The van der Waals surface area contributed by atoms with Crippen molar-refractivity contribution in [3.8, 4) is 0 Å². The minimum Gasteiger partial charge on any atom is -0.462 e. The largest absolute Gasteiger partial charge is 0.472 e. The molecule has 0 saturated carbocycles. The molecule has 0 amide bonds. The molecule has 17 nitrogen and oxygen atoms in total. The summed E-state index contributed by atoms with van der Waals surface area (Å²) in [5.74, 6) is -1.34. The van der Waals surface area contributed by atoms with Crippen molar-refractivity contribution < 1.29 is 80.2 Å². The van der Waals surface area contributed by atoms with E-state index in [0.717, 1.165) is 95.8 Å². The Morgan fingerprint density at radius 3 is 0.708 bits per heavy atom. The Kier molecular flexibility index (Phi) is 68.7. The fourth-order valence-electron chi connectivity index (χ4n) is 11.9. The molecule has 5 atom stereocenters. The van der Waals surface area contributed by atoms with Crippen LogP contribution in [-0.2, 0) is 65.4 Å². The maximum atomic E-state index is 13.1. The smallest absolute Gasteiger partial charge is 0.462 e. The van der Waals surface area contributed by atoms with Gasteiger partial charge < -0.3 is 33.8 Å². The molecule has 0 spiro atoms. The maximum absolute atomic E-state index is 13.1. The standard InChI is InChI=1S/C77H150O17P2/c1-6-9-12-15-18-21-24-25-26-27-28-29-30-31-32-33-34-37-43-48-53-58-63-77(82)94-73(67-88-75(80)61-56-51-46-42-38-35-36-39-44-49-54-59-70(4)5)69-92-96(85,86)90-65-71(78)64-89-95(83,84)91-68-72(93-76(81)62-57-52-47-41-23-20-17-14-11-8-3)66-87-74(79)60-55-50-45-40-22-19-16-13-10-7-2/h70-73,78H,6-69H2,1-5H3,(H,83,84)(H,85,86)/t71-,72+,73+/m0/s1. The molecular weight excluding hydrogens is 1260 g/mol. The third-order valence-corrected chi connectivity index (χ3v) is 19.9. The lowest BCUT2D eigenvalue weighted by Gasteiger charge is -2.21. The fourth-order valence-corrected chi connectivity index (χ4v) is 13.5. The number of unbranched alkanes of at least 4 members (excludes halogenated alkanes) is 49. The molecule has 0 bridgehead atoms. The number of phosphoric acid groups is 2. The molecule has 19 heteroatoms. The molecule has 0 aliphatic heterocycles. The number of carbonyl (C=O) groups excluding carboxylic acids is 4. The van der Waals surface area contributed by atoms with Crippen LogP contribution in [0, 0.1) is 5.92 Å². The van der Waals surface area contributed by atoms with Gasteiger partial charge in [0.15, 0.2) is 12.2 Å². The van der Waals surface area contributed by atoms with E-state index in [0.29, 0.717) is 25.7 Å². The van der Waals surface area contributed by atoms with E-state index in [9.17, 15) is 43.2 Å².